The second-order valence-corrected chi connectivity index (χ2v) is 4.93. The van der Waals surface area contributed by atoms with Crippen molar-refractivity contribution in [1.29, 1.82) is 0 Å². The van der Waals surface area contributed by atoms with E-state index in [1.165, 1.54) is 0 Å². The Morgan fingerprint density at radius 3 is 2.65 bits per heavy atom. The quantitative estimate of drug-likeness (QED) is 0.743. The lowest BCUT2D eigenvalue weighted by Crippen LogP contribution is -2.34. The van der Waals surface area contributed by atoms with Gasteiger partial charge in [-0.3, -0.25) is 5.32 Å². The minimum atomic E-state index is -0.458. The highest BCUT2D eigenvalue weighted by Gasteiger charge is 2.22. The van der Waals surface area contributed by atoms with Crippen molar-refractivity contribution >= 4 is 5.97 Å². The van der Waals surface area contributed by atoms with Crippen LogP contribution in [0, 0.1) is 0 Å². The van der Waals surface area contributed by atoms with E-state index in [1.807, 2.05) is 45.0 Å². The lowest BCUT2D eigenvalue weighted by Gasteiger charge is -2.20. The van der Waals surface area contributed by atoms with Crippen LogP contribution in [0.15, 0.2) is 24.3 Å². The third-order valence-electron chi connectivity index (χ3n) is 2.69. The first kappa shape index (κ1) is 16.5. The van der Waals surface area contributed by atoms with E-state index in [0.29, 0.717) is 13.2 Å². The summed E-state index contributed by atoms with van der Waals surface area (Å²) in [5.74, 6) is 0.526. The standard InChI is InChI=1S/C16H25NO3/c1-5-10-20-14-9-7-8-13(11-14)15(17-12(3)4)16(18)19-6-2/h7-9,11-12,15,17H,5-6,10H2,1-4H3. The summed E-state index contributed by atoms with van der Waals surface area (Å²) in [5.41, 5.74) is 0.866. The van der Waals surface area contributed by atoms with E-state index < -0.39 is 6.04 Å². The predicted octanol–water partition coefficient (Wildman–Crippen LogP) is 3.08. The SMILES string of the molecule is CCCOc1cccc(C(NC(C)C)C(=O)OCC)c1. The van der Waals surface area contributed by atoms with Gasteiger partial charge in [0.2, 0.25) is 0 Å². The smallest absolute Gasteiger partial charge is 0.327 e. The highest BCUT2D eigenvalue weighted by atomic mass is 16.5. The van der Waals surface area contributed by atoms with E-state index in [-0.39, 0.29) is 12.0 Å². The Hall–Kier alpha value is -1.55. The van der Waals surface area contributed by atoms with Gasteiger partial charge in [0.05, 0.1) is 13.2 Å². The Morgan fingerprint density at radius 2 is 2.05 bits per heavy atom. The third kappa shape index (κ3) is 5.21. The van der Waals surface area contributed by atoms with Gasteiger partial charge in [0.1, 0.15) is 11.8 Å². The predicted molar refractivity (Wildman–Crippen MR) is 79.9 cm³/mol. The zero-order chi connectivity index (χ0) is 15.0. The number of hydrogen-bond acceptors (Lipinski definition) is 4. The number of rotatable bonds is 8. The first-order chi connectivity index (χ1) is 9.58. The van der Waals surface area contributed by atoms with Gasteiger partial charge < -0.3 is 9.47 Å². The van der Waals surface area contributed by atoms with E-state index in [0.717, 1.165) is 17.7 Å². The molecule has 0 amide bonds. The molecule has 112 valence electrons. The second kappa shape index (κ2) is 8.59. The highest BCUT2D eigenvalue weighted by Crippen LogP contribution is 2.21. The van der Waals surface area contributed by atoms with Crippen molar-refractivity contribution in [3.63, 3.8) is 0 Å². The number of nitrogens with one attached hydrogen (secondary N) is 1. The Balaban J connectivity index is 2.91. The molecule has 0 spiro atoms. The van der Waals surface area contributed by atoms with E-state index in [4.69, 9.17) is 9.47 Å². The molecular formula is C16H25NO3. The van der Waals surface area contributed by atoms with E-state index >= 15 is 0 Å². The van der Waals surface area contributed by atoms with Crippen molar-refractivity contribution in [1.82, 2.24) is 5.32 Å². The monoisotopic (exact) mass is 279 g/mol. The maximum absolute atomic E-state index is 12.1. The normalized spacial score (nSPS) is 12.2. The van der Waals surface area contributed by atoms with Gasteiger partial charge in [0.25, 0.3) is 0 Å². The van der Waals surface area contributed by atoms with Crippen molar-refractivity contribution in [3.05, 3.63) is 29.8 Å². The fourth-order valence-electron chi connectivity index (χ4n) is 1.86. The van der Waals surface area contributed by atoms with E-state index in [2.05, 4.69) is 12.2 Å². The molecule has 0 aliphatic heterocycles. The highest BCUT2D eigenvalue weighted by molar-refractivity contribution is 5.77. The minimum absolute atomic E-state index is 0.185. The molecule has 0 aliphatic carbocycles. The average molecular weight is 279 g/mol. The van der Waals surface area contributed by atoms with Crippen LogP contribution in [0.5, 0.6) is 5.75 Å². The van der Waals surface area contributed by atoms with Gasteiger partial charge in [0.15, 0.2) is 0 Å². The van der Waals surface area contributed by atoms with Gasteiger partial charge in [-0.1, -0.05) is 19.1 Å². The van der Waals surface area contributed by atoms with Crippen molar-refractivity contribution in [2.75, 3.05) is 13.2 Å². The molecular weight excluding hydrogens is 254 g/mol. The van der Waals surface area contributed by atoms with Crippen LogP contribution in [-0.2, 0) is 9.53 Å². The summed E-state index contributed by atoms with van der Waals surface area (Å²) < 4.78 is 10.7. The zero-order valence-electron chi connectivity index (χ0n) is 12.8. The maximum Gasteiger partial charge on any atom is 0.327 e. The van der Waals surface area contributed by atoms with Gasteiger partial charge in [-0.2, -0.15) is 0 Å². The summed E-state index contributed by atoms with van der Waals surface area (Å²) in [6.07, 6.45) is 0.954. The minimum Gasteiger partial charge on any atom is -0.494 e. The molecule has 1 rings (SSSR count). The number of benzene rings is 1. The Labute approximate surface area is 121 Å². The van der Waals surface area contributed by atoms with E-state index in [9.17, 15) is 4.79 Å². The number of ether oxygens (including phenoxy) is 2. The van der Waals surface area contributed by atoms with E-state index in [1.54, 1.807) is 0 Å². The first-order valence-electron chi connectivity index (χ1n) is 7.23. The first-order valence-corrected chi connectivity index (χ1v) is 7.23. The fourth-order valence-corrected chi connectivity index (χ4v) is 1.86. The Kier molecular flexibility index (Phi) is 7.09. The molecule has 0 heterocycles. The molecule has 0 saturated carbocycles. The maximum atomic E-state index is 12.1. The summed E-state index contributed by atoms with van der Waals surface area (Å²) >= 11 is 0. The molecule has 0 saturated heterocycles. The topological polar surface area (TPSA) is 47.6 Å². The molecule has 0 fully saturated rings. The molecule has 4 nitrogen and oxygen atoms in total. The number of esters is 1. The molecule has 20 heavy (non-hydrogen) atoms. The summed E-state index contributed by atoms with van der Waals surface area (Å²) in [6.45, 7) is 8.93. The molecule has 1 aromatic rings. The number of carbonyl (C=O) groups excluding carboxylic acids is 1. The molecule has 0 aromatic heterocycles. The summed E-state index contributed by atoms with van der Waals surface area (Å²) in [5, 5.41) is 3.23. The fraction of sp³-hybridized carbons (Fsp3) is 0.562. The molecule has 4 heteroatoms. The molecule has 1 unspecified atom stereocenters. The van der Waals surface area contributed by atoms with Crippen molar-refractivity contribution < 1.29 is 14.3 Å². The summed E-state index contributed by atoms with van der Waals surface area (Å²) in [7, 11) is 0. The Morgan fingerprint density at radius 1 is 1.30 bits per heavy atom. The second-order valence-electron chi connectivity index (χ2n) is 4.93. The van der Waals surface area contributed by atoms with Crippen molar-refractivity contribution in [2.45, 2.75) is 46.2 Å². The van der Waals surface area contributed by atoms with Crippen LogP contribution >= 0.6 is 0 Å². The van der Waals surface area contributed by atoms with Gasteiger partial charge in [0, 0.05) is 6.04 Å². The molecule has 1 aromatic carbocycles. The molecule has 0 aliphatic rings. The largest absolute Gasteiger partial charge is 0.494 e. The van der Waals surface area contributed by atoms with Crippen molar-refractivity contribution in [3.8, 4) is 5.75 Å². The zero-order valence-corrected chi connectivity index (χ0v) is 12.8. The summed E-state index contributed by atoms with van der Waals surface area (Å²) in [6, 6.07) is 7.33. The van der Waals surface area contributed by atoms with Crippen molar-refractivity contribution in [2.24, 2.45) is 0 Å². The van der Waals surface area contributed by atoms with Crippen LogP contribution in [0.2, 0.25) is 0 Å². The van der Waals surface area contributed by atoms with Crippen LogP contribution in [0.25, 0.3) is 0 Å². The third-order valence-corrected chi connectivity index (χ3v) is 2.69. The number of hydrogen-bond donors (Lipinski definition) is 1. The lowest BCUT2D eigenvalue weighted by molar-refractivity contribution is -0.146. The molecule has 0 radical (unpaired) electrons. The number of carbonyl (C=O) groups is 1. The van der Waals surface area contributed by atoms with Crippen LogP contribution in [0.4, 0.5) is 0 Å². The van der Waals surface area contributed by atoms with Gasteiger partial charge in [-0.05, 0) is 44.9 Å². The molecule has 1 atom stereocenters. The van der Waals surface area contributed by atoms with Crippen LogP contribution in [0.1, 0.15) is 45.7 Å². The van der Waals surface area contributed by atoms with Gasteiger partial charge >= 0.3 is 5.97 Å². The van der Waals surface area contributed by atoms with Crippen LogP contribution < -0.4 is 10.1 Å². The van der Waals surface area contributed by atoms with Gasteiger partial charge in [-0.25, -0.2) is 4.79 Å². The average Bonchev–Trinajstić information content (AvgIpc) is 2.43. The Bertz CT molecular complexity index is 418. The summed E-state index contributed by atoms with van der Waals surface area (Å²) in [4.78, 5) is 12.1. The lowest BCUT2D eigenvalue weighted by atomic mass is 10.1. The molecule has 1 N–H and O–H groups in total. The van der Waals surface area contributed by atoms with Gasteiger partial charge in [-0.15, -0.1) is 0 Å². The molecule has 0 bridgehead atoms. The van der Waals surface area contributed by atoms with Crippen LogP contribution in [0.3, 0.4) is 0 Å². The van der Waals surface area contributed by atoms with Crippen LogP contribution in [-0.4, -0.2) is 25.2 Å².